The summed E-state index contributed by atoms with van der Waals surface area (Å²) < 4.78 is 0. The summed E-state index contributed by atoms with van der Waals surface area (Å²) in [5.41, 5.74) is 3.08. The van der Waals surface area contributed by atoms with Gasteiger partial charge in [0.05, 0.1) is 11.7 Å². The molecule has 3 aromatic rings. The molecule has 1 N–H and O–H groups in total. The number of aromatic nitrogens is 1. The van der Waals surface area contributed by atoms with Crippen molar-refractivity contribution >= 4 is 17.2 Å². The van der Waals surface area contributed by atoms with Crippen LogP contribution in [0.4, 0.5) is 0 Å². The highest BCUT2D eigenvalue weighted by molar-refractivity contribution is 7.09. The van der Waals surface area contributed by atoms with Gasteiger partial charge in [0.2, 0.25) is 5.91 Å². The molecule has 150 valence electrons. The fourth-order valence-electron chi connectivity index (χ4n) is 3.99. The summed E-state index contributed by atoms with van der Waals surface area (Å²) in [5, 5.41) is 5.43. The van der Waals surface area contributed by atoms with Crippen LogP contribution >= 0.6 is 11.3 Å². The Kier molecular flexibility index (Phi) is 6.37. The number of amides is 1. The molecule has 0 bridgehead atoms. The summed E-state index contributed by atoms with van der Waals surface area (Å²) in [5.74, 6) is 0.199. The predicted octanol–water partition coefficient (Wildman–Crippen LogP) is 4.57. The molecule has 1 amide bonds. The number of thiophene rings is 1. The second-order valence-electron chi connectivity index (χ2n) is 7.69. The topological polar surface area (TPSA) is 45.2 Å². The number of carbonyl (C=O) groups is 1. The summed E-state index contributed by atoms with van der Waals surface area (Å²) in [7, 11) is 0. The fraction of sp³-hybridized carbons (Fsp3) is 0.333. The number of carbonyl (C=O) groups excluding carboxylic acids is 1. The van der Waals surface area contributed by atoms with Gasteiger partial charge in [0.15, 0.2) is 0 Å². The number of benzene rings is 1. The van der Waals surface area contributed by atoms with Gasteiger partial charge in [-0.25, -0.2) is 0 Å². The van der Waals surface area contributed by atoms with Crippen molar-refractivity contribution in [3.8, 4) is 0 Å². The molecular weight excluding hydrogens is 378 g/mol. The third-order valence-electron chi connectivity index (χ3n) is 5.66. The van der Waals surface area contributed by atoms with E-state index in [1.807, 2.05) is 37.3 Å². The molecule has 0 saturated carbocycles. The number of hydrogen-bond donors (Lipinski definition) is 1. The number of aryl methyl sites for hydroxylation is 1. The molecule has 1 aliphatic rings. The molecule has 1 aliphatic heterocycles. The Morgan fingerprint density at radius 1 is 1.14 bits per heavy atom. The van der Waals surface area contributed by atoms with Crippen molar-refractivity contribution < 1.29 is 4.79 Å². The van der Waals surface area contributed by atoms with Crippen molar-refractivity contribution in [3.63, 3.8) is 0 Å². The molecule has 29 heavy (non-hydrogen) atoms. The van der Waals surface area contributed by atoms with Crippen LogP contribution in [-0.4, -0.2) is 28.9 Å². The monoisotopic (exact) mass is 405 g/mol. The third kappa shape index (κ3) is 4.92. The van der Waals surface area contributed by atoms with Crippen LogP contribution < -0.4 is 5.32 Å². The highest BCUT2D eigenvalue weighted by atomic mass is 32.1. The van der Waals surface area contributed by atoms with Crippen LogP contribution in [0, 0.1) is 12.8 Å². The van der Waals surface area contributed by atoms with E-state index in [-0.39, 0.29) is 17.9 Å². The molecule has 1 atom stereocenters. The Hall–Kier alpha value is -2.50. The average Bonchev–Trinajstić information content (AvgIpc) is 3.27. The Morgan fingerprint density at radius 2 is 1.93 bits per heavy atom. The fourth-order valence-corrected chi connectivity index (χ4v) is 4.74. The average molecular weight is 406 g/mol. The number of likely N-dealkylation sites (tertiary alicyclic amines) is 1. The molecule has 0 spiro atoms. The second-order valence-corrected chi connectivity index (χ2v) is 8.72. The van der Waals surface area contributed by atoms with Gasteiger partial charge in [-0.2, -0.15) is 0 Å². The molecule has 1 aromatic carbocycles. The summed E-state index contributed by atoms with van der Waals surface area (Å²) in [6.45, 7) is 4.97. The van der Waals surface area contributed by atoms with Crippen LogP contribution in [0.5, 0.6) is 0 Å². The maximum absolute atomic E-state index is 13.1. The number of nitrogens with one attached hydrogen (secondary N) is 1. The first-order valence-electron chi connectivity index (χ1n) is 10.2. The zero-order chi connectivity index (χ0) is 20.1. The van der Waals surface area contributed by atoms with Crippen LogP contribution in [0.3, 0.4) is 0 Å². The first kappa shape index (κ1) is 19.8. The lowest BCUT2D eigenvalue weighted by atomic mass is 9.94. The maximum Gasteiger partial charge on any atom is 0.224 e. The van der Waals surface area contributed by atoms with E-state index in [2.05, 4.69) is 44.8 Å². The van der Waals surface area contributed by atoms with E-state index in [0.29, 0.717) is 0 Å². The number of pyridine rings is 1. The van der Waals surface area contributed by atoms with Crippen molar-refractivity contribution in [2.24, 2.45) is 5.92 Å². The second kappa shape index (κ2) is 9.33. The number of nitrogens with zero attached hydrogens (tertiary/aromatic N) is 2. The molecule has 1 unspecified atom stereocenters. The van der Waals surface area contributed by atoms with Gasteiger partial charge >= 0.3 is 0 Å². The van der Waals surface area contributed by atoms with Gasteiger partial charge in [-0.15, -0.1) is 11.3 Å². The zero-order valence-electron chi connectivity index (χ0n) is 16.8. The minimum absolute atomic E-state index is 0.0600. The molecule has 1 saturated heterocycles. The lowest BCUT2D eigenvalue weighted by Gasteiger charge is -2.32. The molecule has 1 fully saturated rings. The van der Waals surface area contributed by atoms with Crippen LogP contribution in [0.1, 0.15) is 40.6 Å². The standard InChI is InChI=1S/C24H27N3OS/c1-18-7-5-13-25-22(18)23(19-8-3-2-4-9-19)26-24(28)20-11-14-27(15-12-20)17-21-10-6-16-29-21/h2-10,13,16,20,23H,11-12,14-15,17H2,1H3,(H,26,28). The van der Waals surface area contributed by atoms with E-state index >= 15 is 0 Å². The smallest absolute Gasteiger partial charge is 0.224 e. The Morgan fingerprint density at radius 3 is 2.62 bits per heavy atom. The summed E-state index contributed by atoms with van der Waals surface area (Å²) in [6, 6.07) is 18.2. The molecule has 0 radical (unpaired) electrons. The van der Waals surface area contributed by atoms with Gasteiger partial charge in [0.1, 0.15) is 0 Å². The predicted molar refractivity (Wildman–Crippen MR) is 118 cm³/mol. The quantitative estimate of drug-likeness (QED) is 0.653. The summed E-state index contributed by atoms with van der Waals surface area (Å²) in [4.78, 5) is 21.6. The van der Waals surface area contributed by atoms with Crippen LogP contribution in [0.15, 0.2) is 66.2 Å². The van der Waals surface area contributed by atoms with E-state index < -0.39 is 0 Å². The van der Waals surface area contributed by atoms with E-state index in [9.17, 15) is 4.79 Å². The Labute approximate surface area is 176 Å². The molecule has 5 heteroatoms. The minimum atomic E-state index is -0.214. The molecule has 4 nitrogen and oxygen atoms in total. The highest BCUT2D eigenvalue weighted by Crippen LogP contribution is 2.26. The number of hydrogen-bond acceptors (Lipinski definition) is 4. The van der Waals surface area contributed by atoms with Crippen molar-refractivity contribution in [2.45, 2.75) is 32.4 Å². The minimum Gasteiger partial charge on any atom is -0.343 e. The number of piperidine rings is 1. The normalized spacial score (nSPS) is 16.4. The zero-order valence-corrected chi connectivity index (χ0v) is 17.6. The SMILES string of the molecule is Cc1cccnc1C(NC(=O)C1CCN(Cc2cccs2)CC1)c1ccccc1. The Bertz CT molecular complexity index is 918. The van der Waals surface area contributed by atoms with Crippen molar-refractivity contribution in [3.05, 3.63) is 87.9 Å². The maximum atomic E-state index is 13.1. The van der Waals surface area contributed by atoms with Gasteiger partial charge in [-0.05, 0) is 61.5 Å². The van der Waals surface area contributed by atoms with Gasteiger partial charge in [-0.3, -0.25) is 14.7 Å². The van der Waals surface area contributed by atoms with Gasteiger partial charge in [-0.1, -0.05) is 42.5 Å². The van der Waals surface area contributed by atoms with Gasteiger partial charge in [0.25, 0.3) is 0 Å². The van der Waals surface area contributed by atoms with Crippen LogP contribution in [0.2, 0.25) is 0 Å². The lowest BCUT2D eigenvalue weighted by Crippen LogP contribution is -2.41. The molecular formula is C24H27N3OS. The largest absolute Gasteiger partial charge is 0.343 e. The van der Waals surface area contributed by atoms with Crippen LogP contribution in [-0.2, 0) is 11.3 Å². The first-order valence-corrected chi connectivity index (χ1v) is 11.1. The molecule has 2 aromatic heterocycles. The highest BCUT2D eigenvalue weighted by Gasteiger charge is 2.28. The first-order chi connectivity index (χ1) is 14.2. The van der Waals surface area contributed by atoms with Crippen molar-refractivity contribution in [2.75, 3.05) is 13.1 Å². The lowest BCUT2D eigenvalue weighted by molar-refractivity contribution is -0.127. The Balaban J connectivity index is 1.43. The molecule has 0 aliphatic carbocycles. The molecule has 4 rings (SSSR count). The molecule has 3 heterocycles. The van der Waals surface area contributed by atoms with Gasteiger partial charge < -0.3 is 5.32 Å². The van der Waals surface area contributed by atoms with Crippen molar-refractivity contribution in [1.29, 1.82) is 0 Å². The van der Waals surface area contributed by atoms with Gasteiger partial charge in [0, 0.05) is 23.5 Å². The van der Waals surface area contributed by atoms with Crippen LogP contribution in [0.25, 0.3) is 0 Å². The van der Waals surface area contributed by atoms with Crippen molar-refractivity contribution in [1.82, 2.24) is 15.2 Å². The summed E-state index contributed by atoms with van der Waals surface area (Å²) >= 11 is 1.80. The van der Waals surface area contributed by atoms with E-state index in [1.54, 1.807) is 17.5 Å². The van der Waals surface area contributed by atoms with E-state index in [0.717, 1.165) is 49.3 Å². The summed E-state index contributed by atoms with van der Waals surface area (Å²) in [6.07, 6.45) is 3.60. The van der Waals surface area contributed by atoms with E-state index in [1.165, 1.54) is 4.88 Å². The number of rotatable bonds is 6. The van der Waals surface area contributed by atoms with E-state index in [4.69, 9.17) is 0 Å². The third-order valence-corrected chi connectivity index (χ3v) is 6.52.